The van der Waals surface area contributed by atoms with Crippen molar-refractivity contribution >= 4 is 26.9 Å². The molecule has 0 spiro atoms. The molecular formula is C16H21N5O4S. The second-order valence-corrected chi connectivity index (χ2v) is 8.06. The molecule has 2 aliphatic heterocycles. The molecule has 0 radical (unpaired) electrons. The highest BCUT2D eigenvalue weighted by Gasteiger charge is 2.44. The molecule has 2 N–H and O–H groups in total. The number of benzene rings is 1. The van der Waals surface area contributed by atoms with Gasteiger partial charge in [-0.15, -0.1) is 0 Å². The van der Waals surface area contributed by atoms with Crippen molar-refractivity contribution in [3.63, 3.8) is 0 Å². The van der Waals surface area contributed by atoms with Gasteiger partial charge in [0.2, 0.25) is 0 Å². The Bertz CT molecular complexity index is 951. The Hall–Kier alpha value is -2.17. The van der Waals surface area contributed by atoms with Crippen molar-refractivity contribution in [2.75, 3.05) is 32.2 Å². The summed E-state index contributed by atoms with van der Waals surface area (Å²) in [5.41, 5.74) is 0.748. The Labute approximate surface area is 151 Å². The Morgan fingerprint density at radius 3 is 2.58 bits per heavy atom. The normalized spacial score (nSPS) is 23.4. The minimum atomic E-state index is -3.69. The van der Waals surface area contributed by atoms with Crippen LogP contribution in [-0.4, -0.2) is 62.1 Å². The van der Waals surface area contributed by atoms with Gasteiger partial charge in [-0.25, -0.2) is 15.1 Å². The molecule has 1 aromatic heterocycles. The van der Waals surface area contributed by atoms with Crippen molar-refractivity contribution < 1.29 is 17.9 Å². The molecule has 10 heteroatoms. The van der Waals surface area contributed by atoms with Crippen molar-refractivity contribution in [2.24, 2.45) is 5.14 Å². The average Bonchev–Trinajstić information content (AvgIpc) is 2.94. The Morgan fingerprint density at radius 1 is 1.15 bits per heavy atom. The van der Waals surface area contributed by atoms with Gasteiger partial charge in [0.05, 0.1) is 19.7 Å². The highest BCUT2D eigenvalue weighted by Crippen LogP contribution is 2.39. The van der Waals surface area contributed by atoms with Crippen LogP contribution in [0.2, 0.25) is 0 Å². The molecule has 0 amide bonds. The number of nitrogens with zero attached hydrogens (tertiary/aromatic N) is 4. The van der Waals surface area contributed by atoms with E-state index < -0.39 is 10.2 Å². The zero-order valence-electron chi connectivity index (χ0n) is 14.6. The number of nitrogens with two attached hydrogens (primary N) is 1. The second-order valence-electron chi connectivity index (χ2n) is 6.56. The van der Waals surface area contributed by atoms with Crippen LogP contribution in [0.5, 0.6) is 11.5 Å². The van der Waals surface area contributed by atoms with E-state index in [1.54, 1.807) is 14.2 Å². The highest BCUT2D eigenvalue weighted by atomic mass is 32.2. The molecule has 2 bridgehead atoms. The smallest absolute Gasteiger partial charge is 0.277 e. The maximum Gasteiger partial charge on any atom is 0.277 e. The molecule has 26 heavy (non-hydrogen) atoms. The lowest BCUT2D eigenvalue weighted by atomic mass is 10.0. The fourth-order valence-electron chi connectivity index (χ4n) is 4.03. The summed E-state index contributed by atoms with van der Waals surface area (Å²) in [6.07, 6.45) is 2.98. The molecule has 2 saturated heterocycles. The first-order valence-electron chi connectivity index (χ1n) is 8.35. The van der Waals surface area contributed by atoms with E-state index in [0.29, 0.717) is 31.0 Å². The first kappa shape index (κ1) is 17.3. The molecule has 1 aromatic carbocycles. The van der Waals surface area contributed by atoms with Gasteiger partial charge >= 0.3 is 0 Å². The maximum atomic E-state index is 11.8. The summed E-state index contributed by atoms with van der Waals surface area (Å²) >= 11 is 0. The van der Waals surface area contributed by atoms with Crippen molar-refractivity contribution in [1.82, 2.24) is 14.3 Å². The number of piperidine rings is 1. The first-order chi connectivity index (χ1) is 12.4. The van der Waals surface area contributed by atoms with Crippen LogP contribution in [0.3, 0.4) is 0 Å². The molecule has 9 nitrogen and oxygen atoms in total. The number of fused-ring (bicyclic) bond motifs is 3. The maximum absolute atomic E-state index is 11.8. The van der Waals surface area contributed by atoms with E-state index in [1.807, 2.05) is 12.1 Å². The molecule has 2 aliphatic rings. The molecule has 0 saturated carbocycles. The van der Waals surface area contributed by atoms with E-state index in [0.717, 1.165) is 23.1 Å². The lowest BCUT2D eigenvalue weighted by Crippen LogP contribution is -2.47. The van der Waals surface area contributed by atoms with Gasteiger partial charge in [0.1, 0.15) is 12.1 Å². The van der Waals surface area contributed by atoms with Crippen molar-refractivity contribution in [2.45, 2.75) is 24.9 Å². The van der Waals surface area contributed by atoms with Crippen molar-refractivity contribution in [3.05, 3.63) is 18.5 Å². The van der Waals surface area contributed by atoms with Crippen LogP contribution in [0.25, 0.3) is 10.9 Å². The summed E-state index contributed by atoms with van der Waals surface area (Å²) in [7, 11) is -0.527. The summed E-state index contributed by atoms with van der Waals surface area (Å²) in [5, 5.41) is 6.21. The molecular weight excluding hydrogens is 358 g/mol. The van der Waals surface area contributed by atoms with Gasteiger partial charge in [0.15, 0.2) is 11.5 Å². The summed E-state index contributed by atoms with van der Waals surface area (Å²) in [6.45, 7) is 0.992. The highest BCUT2D eigenvalue weighted by molar-refractivity contribution is 7.86. The number of rotatable bonds is 4. The monoisotopic (exact) mass is 379 g/mol. The minimum Gasteiger partial charge on any atom is -0.493 e. The standard InChI is InChI=1S/C16H21N5O4S/c1-24-14-6-12-13(7-15(14)25-2)18-9-19-16(12)20-8-11-5-10(20)3-4-21(11)26(17,22)23/h6-7,9-11H,3-5,8H2,1-2H3,(H2,17,22,23). The van der Waals surface area contributed by atoms with Crippen LogP contribution in [0, 0.1) is 0 Å². The van der Waals surface area contributed by atoms with E-state index in [9.17, 15) is 8.42 Å². The molecule has 140 valence electrons. The predicted molar refractivity (Wildman–Crippen MR) is 96.6 cm³/mol. The molecule has 0 aliphatic carbocycles. The van der Waals surface area contributed by atoms with Gasteiger partial charge in [0, 0.05) is 36.6 Å². The van der Waals surface area contributed by atoms with Gasteiger partial charge in [-0.2, -0.15) is 12.7 Å². The third-order valence-corrected chi connectivity index (χ3v) is 6.34. The summed E-state index contributed by atoms with van der Waals surface area (Å²) in [5.74, 6) is 1.98. The van der Waals surface area contributed by atoms with E-state index in [1.165, 1.54) is 10.6 Å². The van der Waals surface area contributed by atoms with Crippen LogP contribution in [0.15, 0.2) is 18.5 Å². The van der Waals surface area contributed by atoms with Gasteiger partial charge < -0.3 is 14.4 Å². The van der Waals surface area contributed by atoms with Crippen molar-refractivity contribution in [1.29, 1.82) is 0 Å². The number of methoxy groups -OCH3 is 2. The molecule has 2 aromatic rings. The van der Waals surface area contributed by atoms with Crippen LogP contribution >= 0.6 is 0 Å². The van der Waals surface area contributed by atoms with E-state index in [-0.39, 0.29) is 12.1 Å². The number of hydrogen-bond acceptors (Lipinski definition) is 7. The molecule has 2 fully saturated rings. The lowest BCUT2D eigenvalue weighted by molar-refractivity contribution is 0.289. The average molecular weight is 379 g/mol. The van der Waals surface area contributed by atoms with E-state index in [4.69, 9.17) is 14.6 Å². The fourth-order valence-corrected chi connectivity index (χ4v) is 4.95. The van der Waals surface area contributed by atoms with Crippen LogP contribution in [-0.2, 0) is 10.2 Å². The van der Waals surface area contributed by atoms with Gasteiger partial charge in [-0.05, 0) is 18.9 Å². The Balaban J connectivity index is 1.76. The predicted octanol–water partition coefficient (Wildman–Crippen LogP) is 0.504. The quantitative estimate of drug-likeness (QED) is 0.823. The molecule has 2 unspecified atom stereocenters. The fraction of sp³-hybridized carbons (Fsp3) is 0.500. The number of anilines is 1. The topological polar surface area (TPSA) is 111 Å². The summed E-state index contributed by atoms with van der Waals surface area (Å²) in [4.78, 5) is 11.0. The van der Waals surface area contributed by atoms with Gasteiger partial charge in [-0.3, -0.25) is 0 Å². The summed E-state index contributed by atoms with van der Waals surface area (Å²) in [6, 6.07) is 3.78. The number of ether oxygens (including phenoxy) is 2. The Kier molecular flexibility index (Phi) is 4.13. The molecule has 3 heterocycles. The van der Waals surface area contributed by atoms with Crippen LogP contribution < -0.4 is 19.5 Å². The third-order valence-electron chi connectivity index (χ3n) is 5.20. The van der Waals surface area contributed by atoms with E-state index in [2.05, 4.69) is 14.9 Å². The SMILES string of the molecule is COc1cc2ncnc(N3CC4CC3CCN4S(N)(=O)=O)c2cc1OC. The first-order valence-corrected chi connectivity index (χ1v) is 9.85. The molecule has 4 rings (SSSR count). The number of hydrogen-bond donors (Lipinski definition) is 1. The number of aromatic nitrogens is 2. The third kappa shape index (κ3) is 2.74. The van der Waals surface area contributed by atoms with Gasteiger partial charge in [0.25, 0.3) is 10.2 Å². The second kappa shape index (κ2) is 6.22. The van der Waals surface area contributed by atoms with Gasteiger partial charge in [-0.1, -0.05) is 0 Å². The Morgan fingerprint density at radius 2 is 1.88 bits per heavy atom. The zero-order chi connectivity index (χ0) is 18.5. The summed E-state index contributed by atoms with van der Waals surface area (Å²) < 4.78 is 35.8. The largest absolute Gasteiger partial charge is 0.493 e. The van der Waals surface area contributed by atoms with Crippen molar-refractivity contribution in [3.8, 4) is 11.5 Å². The zero-order valence-corrected chi connectivity index (χ0v) is 15.4. The van der Waals surface area contributed by atoms with Crippen LogP contribution in [0.4, 0.5) is 5.82 Å². The minimum absolute atomic E-state index is 0.131. The lowest BCUT2D eigenvalue weighted by Gasteiger charge is -2.30. The van der Waals surface area contributed by atoms with Crippen LogP contribution in [0.1, 0.15) is 12.8 Å². The molecule has 2 atom stereocenters. The van der Waals surface area contributed by atoms with E-state index >= 15 is 0 Å².